The summed E-state index contributed by atoms with van der Waals surface area (Å²) in [6.45, 7) is 8.13. The van der Waals surface area contributed by atoms with Crippen molar-refractivity contribution in [3.8, 4) is 10.6 Å². The van der Waals surface area contributed by atoms with Crippen LogP contribution < -0.4 is 10.9 Å². The minimum atomic E-state index is -0.182. The van der Waals surface area contributed by atoms with Crippen molar-refractivity contribution in [1.29, 1.82) is 0 Å². The Kier molecular flexibility index (Phi) is 9.27. The van der Waals surface area contributed by atoms with Crippen molar-refractivity contribution < 1.29 is 4.79 Å². The first-order chi connectivity index (χ1) is 12.8. The molecule has 7 nitrogen and oxygen atoms in total. The van der Waals surface area contributed by atoms with Gasteiger partial charge in [-0.05, 0) is 58.7 Å². The highest BCUT2D eigenvalue weighted by molar-refractivity contribution is 7.17. The van der Waals surface area contributed by atoms with Crippen molar-refractivity contribution in [3.63, 3.8) is 0 Å². The van der Waals surface area contributed by atoms with Crippen LogP contribution >= 0.6 is 36.2 Å². The number of rotatable bonds is 4. The van der Waals surface area contributed by atoms with Gasteiger partial charge in [0.05, 0.1) is 17.0 Å². The molecule has 162 valence electrons. The van der Waals surface area contributed by atoms with Crippen molar-refractivity contribution in [2.75, 3.05) is 26.7 Å². The third kappa shape index (κ3) is 5.17. The highest BCUT2D eigenvalue weighted by Crippen LogP contribution is 2.30. The van der Waals surface area contributed by atoms with E-state index in [0.29, 0.717) is 27.1 Å². The SMILES string of the molecule is CNCC1CCN(C(=O)c2sc(-c3c(C)c(C)nn(C)c3=O)nc2C)CC1.Cl.Cl. The van der Waals surface area contributed by atoms with Gasteiger partial charge in [-0.15, -0.1) is 36.2 Å². The van der Waals surface area contributed by atoms with Gasteiger partial charge in [0.15, 0.2) is 0 Å². The number of hydrogen-bond acceptors (Lipinski definition) is 6. The van der Waals surface area contributed by atoms with Crippen LogP contribution in [0.3, 0.4) is 0 Å². The topological polar surface area (TPSA) is 80.1 Å². The average Bonchev–Trinajstić information content (AvgIpc) is 3.02. The van der Waals surface area contributed by atoms with E-state index in [-0.39, 0.29) is 36.3 Å². The molecule has 1 aliphatic rings. The van der Waals surface area contributed by atoms with Crippen LogP contribution in [0.4, 0.5) is 0 Å². The Labute approximate surface area is 187 Å². The number of thiazole rings is 1. The molecule has 0 spiro atoms. The lowest BCUT2D eigenvalue weighted by Crippen LogP contribution is -2.40. The molecular formula is C19H29Cl2N5O2S. The molecule has 0 unspecified atom stereocenters. The monoisotopic (exact) mass is 461 g/mol. The van der Waals surface area contributed by atoms with Crippen molar-refractivity contribution >= 4 is 42.1 Å². The zero-order chi connectivity index (χ0) is 19.7. The zero-order valence-corrected chi connectivity index (χ0v) is 19.9. The van der Waals surface area contributed by atoms with Crippen LogP contribution in [0.1, 0.15) is 39.5 Å². The van der Waals surface area contributed by atoms with E-state index >= 15 is 0 Å². The number of carbonyl (C=O) groups is 1. The highest BCUT2D eigenvalue weighted by Gasteiger charge is 2.27. The molecule has 1 aliphatic heterocycles. The molecule has 0 saturated carbocycles. The number of nitrogens with zero attached hydrogens (tertiary/aromatic N) is 4. The van der Waals surface area contributed by atoms with E-state index in [4.69, 9.17) is 0 Å². The quantitative estimate of drug-likeness (QED) is 0.756. The Morgan fingerprint density at radius 2 is 1.79 bits per heavy atom. The van der Waals surface area contributed by atoms with E-state index in [1.54, 1.807) is 7.05 Å². The second-order valence-electron chi connectivity index (χ2n) is 7.24. The van der Waals surface area contributed by atoms with Gasteiger partial charge < -0.3 is 10.2 Å². The van der Waals surface area contributed by atoms with Crippen LogP contribution in [0.25, 0.3) is 10.6 Å². The lowest BCUT2D eigenvalue weighted by Gasteiger charge is -2.31. The standard InChI is InChI=1S/C19H27N5O2S.2ClH/c1-11-12(2)22-23(5)18(25)15(11)17-21-13(3)16(27-17)19(26)24-8-6-14(7-9-24)10-20-4;;/h14,20H,6-10H2,1-5H3;2*1H. The number of aryl methyl sites for hydroxylation is 3. The molecule has 2 aromatic rings. The van der Waals surface area contributed by atoms with Gasteiger partial charge in [0.1, 0.15) is 9.88 Å². The van der Waals surface area contributed by atoms with Gasteiger partial charge in [0.25, 0.3) is 11.5 Å². The van der Waals surface area contributed by atoms with Gasteiger partial charge in [0, 0.05) is 20.1 Å². The fourth-order valence-corrected chi connectivity index (χ4v) is 4.70. The van der Waals surface area contributed by atoms with Crippen molar-refractivity contribution in [3.05, 3.63) is 32.2 Å². The number of piperidine rings is 1. The summed E-state index contributed by atoms with van der Waals surface area (Å²) in [5.41, 5.74) is 2.66. The molecule has 0 atom stereocenters. The average molecular weight is 462 g/mol. The van der Waals surface area contributed by atoms with Crippen molar-refractivity contribution in [1.82, 2.24) is 25.0 Å². The predicted molar refractivity (Wildman–Crippen MR) is 122 cm³/mol. The lowest BCUT2D eigenvalue weighted by molar-refractivity contribution is 0.0695. The van der Waals surface area contributed by atoms with Gasteiger partial charge >= 0.3 is 0 Å². The first-order valence-electron chi connectivity index (χ1n) is 9.29. The number of nitrogens with one attached hydrogen (secondary N) is 1. The summed E-state index contributed by atoms with van der Waals surface area (Å²) >= 11 is 1.32. The van der Waals surface area contributed by atoms with E-state index < -0.39 is 0 Å². The molecule has 1 N–H and O–H groups in total. The molecule has 2 aromatic heterocycles. The molecule has 1 saturated heterocycles. The van der Waals surface area contributed by atoms with E-state index in [1.807, 2.05) is 32.7 Å². The van der Waals surface area contributed by atoms with E-state index in [2.05, 4.69) is 15.4 Å². The fourth-order valence-electron chi connectivity index (χ4n) is 3.57. The van der Waals surface area contributed by atoms with Gasteiger partial charge in [-0.1, -0.05) is 0 Å². The van der Waals surface area contributed by atoms with Crippen molar-refractivity contribution in [2.24, 2.45) is 13.0 Å². The third-order valence-corrected chi connectivity index (χ3v) is 6.49. The van der Waals surface area contributed by atoms with Gasteiger partial charge in [-0.2, -0.15) is 5.10 Å². The molecule has 0 radical (unpaired) electrons. The Hall–Kier alpha value is -1.48. The summed E-state index contributed by atoms with van der Waals surface area (Å²) in [5.74, 6) is 0.655. The molecule has 10 heteroatoms. The number of halogens is 2. The summed E-state index contributed by atoms with van der Waals surface area (Å²) in [6.07, 6.45) is 2.03. The van der Waals surface area contributed by atoms with E-state index in [0.717, 1.165) is 43.7 Å². The maximum Gasteiger partial charge on any atom is 0.277 e. The highest BCUT2D eigenvalue weighted by atomic mass is 35.5. The van der Waals surface area contributed by atoms with Crippen LogP contribution in [0, 0.1) is 26.7 Å². The molecule has 1 fully saturated rings. The summed E-state index contributed by atoms with van der Waals surface area (Å²) in [6, 6.07) is 0. The van der Waals surface area contributed by atoms with Crippen LogP contribution in [0.5, 0.6) is 0 Å². The van der Waals surface area contributed by atoms with Gasteiger partial charge in [-0.3, -0.25) is 9.59 Å². The maximum absolute atomic E-state index is 13.0. The first-order valence-corrected chi connectivity index (χ1v) is 10.1. The zero-order valence-electron chi connectivity index (χ0n) is 17.4. The molecule has 3 rings (SSSR count). The minimum Gasteiger partial charge on any atom is -0.338 e. The minimum absolute atomic E-state index is 0. The summed E-state index contributed by atoms with van der Waals surface area (Å²) in [7, 11) is 3.60. The Balaban J connectivity index is 0.00000210. The van der Waals surface area contributed by atoms with Crippen LogP contribution in [0.15, 0.2) is 4.79 Å². The number of amides is 1. The second-order valence-corrected chi connectivity index (χ2v) is 8.24. The second kappa shape index (κ2) is 10.5. The lowest BCUT2D eigenvalue weighted by atomic mass is 9.97. The first kappa shape index (κ1) is 25.6. The summed E-state index contributed by atoms with van der Waals surface area (Å²) in [5, 5.41) is 8.04. The number of aromatic nitrogens is 3. The van der Waals surface area contributed by atoms with Gasteiger partial charge in [-0.25, -0.2) is 9.67 Å². The molecule has 0 aromatic carbocycles. The van der Waals surface area contributed by atoms with E-state index in [9.17, 15) is 9.59 Å². The smallest absolute Gasteiger partial charge is 0.277 e. The van der Waals surface area contributed by atoms with Crippen molar-refractivity contribution in [2.45, 2.75) is 33.6 Å². The summed E-state index contributed by atoms with van der Waals surface area (Å²) < 4.78 is 1.34. The van der Waals surface area contributed by atoms with Crippen LogP contribution in [0.2, 0.25) is 0 Å². The molecule has 3 heterocycles. The number of likely N-dealkylation sites (tertiary alicyclic amines) is 1. The fraction of sp³-hybridized carbons (Fsp3) is 0.579. The molecule has 29 heavy (non-hydrogen) atoms. The molecule has 0 aliphatic carbocycles. The Morgan fingerprint density at radius 1 is 1.17 bits per heavy atom. The van der Waals surface area contributed by atoms with E-state index in [1.165, 1.54) is 16.0 Å². The van der Waals surface area contributed by atoms with Crippen LogP contribution in [-0.2, 0) is 7.05 Å². The predicted octanol–water partition coefficient (Wildman–Crippen LogP) is 2.74. The number of hydrogen-bond donors (Lipinski definition) is 1. The molecule has 1 amide bonds. The number of carbonyl (C=O) groups excluding carboxylic acids is 1. The molecule has 0 bridgehead atoms. The normalized spacial score (nSPS) is 14.3. The Morgan fingerprint density at radius 3 is 2.38 bits per heavy atom. The Bertz CT molecular complexity index is 920. The van der Waals surface area contributed by atoms with Crippen LogP contribution in [-0.4, -0.2) is 52.3 Å². The maximum atomic E-state index is 13.0. The third-order valence-electron chi connectivity index (χ3n) is 5.32. The largest absolute Gasteiger partial charge is 0.338 e. The van der Waals surface area contributed by atoms with Gasteiger partial charge in [0.2, 0.25) is 0 Å². The summed E-state index contributed by atoms with van der Waals surface area (Å²) in [4.78, 5) is 32.7. The molecular weight excluding hydrogens is 433 g/mol.